The van der Waals surface area contributed by atoms with Crippen LogP contribution in [0.5, 0.6) is 5.75 Å². The van der Waals surface area contributed by atoms with Crippen LogP contribution < -0.4 is 19.3 Å². The van der Waals surface area contributed by atoms with Crippen LogP contribution in [0.25, 0.3) is 0 Å². The molecule has 0 aliphatic heterocycles. The highest BCUT2D eigenvalue weighted by molar-refractivity contribution is 7.92. The second-order valence-electron chi connectivity index (χ2n) is 6.48. The third-order valence-corrected chi connectivity index (χ3v) is 5.58. The molecule has 0 fully saturated rings. The van der Waals surface area contributed by atoms with E-state index < -0.39 is 16.1 Å². The number of hydrogen-bond acceptors (Lipinski definition) is 5. The molecule has 0 saturated heterocycles. The second kappa shape index (κ2) is 9.45. The predicted octanol–water partition coefficient (Wildman–Crippen LogP) is 2.10. The van der Waals surface area contributed by atoms with Gasteiger partial charge in [-0.15, -0.1) is 0 Å². The van der Waals surface area contributed by atoms with Gasteiger partial charge < -0.3 is 15.0 Å². The van der Waals surface area contributed by atoms with Crippen LogP contribution in [0.15, 0.2) is 54.6 Å². The quantitative estimate of drug-likeness (QED) is 0.691. The smallest absolute Gasteiger partial charge is 0.243 e. The van der Waals surface area contributed by atoms with Gasteiger partial charge in [-0.1, -0.05) is 24.3 Å². The Morgan fingerprint density at radius 3 is 2.36 bits per heavy atom. The fourth-order valence-electron chi connectivity index (χ4n) is 2.86. The first-order chi connectivity index (χ1) is 13.2. The summed E-state index contributed by atoms with van der Waals surface area (Å²) in [5, 5.41) is 2.82. The molecule has 2 aromatic carbocycles. The normalized spacial score (nSPS) is 12.1. The molecular formula is C20H27N3O4S. The number of rotatable bonds is 9. The standard InChI is InChI=1S/C20H27N3O4S/c1-16(20(24)21-13-14-22(2)17-9-6-5-7-10-17)23(28(4,25)26)18-11-8-12-19(15-18)27-3/h5-12,15-16H,13-14H2,1-4H3,(H,21,24). The van der Waals surface area contributed by atoms with Crippen molar-refractivity contribution >= 4 is 27.3 Å². The fourth-order valence-corrected chi connectivity index (χ4v) is 4.03. The summed E-state index contributed by atoms with van der Waals surface area (Å²) in [5.74, 6) is 0.151. The minimum atomic E-state index is -3.67. The van der Waals surface area contributed by atoms with Crippen LogP contribution in [0.2, 0.25) is 0 Å². The molecule has 1 amide bonds. The topological polar surface area (TPSA) is 79.0 Å². The van der Waals surface area contributed by atoms with Gasteiger partial charge in [0.05, 0.1) is 19.1 Å². The molecule has 1 atom stereocenters. The maximum Gasteiger partial charge on any atom is 0.243 e. The number of methoxy groups -OCH3 is 1. The first kappa shape index (κ1) is 21.6. The van der Waals surface area contributed by atoms with E-state index in [1.54, 1.807) is 31.2 Å². The van der Waals surface area contributed by atoms with E-state index in [1.165, 1.54) is 7.11 Å². The van der Waals surface area contributed by atoms with Gasteiger partial charge >= 0.3 is 0 Å². The van der Waals surface area contributed by atoms with E-state index in [0.29, 0.717) is 24.5 Å². The highest BCUT2D eigenvalue weighted by atomic mass is 32.2. The molecule has 0 bridgehead atoms. The second-order valence-corrected chi connectivity index (χ2v) is 8.34. The third kappa shape index (κ3) is 5.63. The van der Waals surface area contributed by atoms with Crippen molar-refractivity contribution in [3.05, 3.63) is 54.6 Å². The Morgan fingerprint density at radius 2 is 1.75 bits per heavy atom. The van der Waals surface area contributed by atoms with E-state index in [9.17, 15) is 13.2 Å². The monoisotopic (exact) mass is 405 g/mol. The van der Waals surface area contributed by atoms with Gasteiger partial charge in [-0.3, -0.25) is 9.10 Å². The Kier molecular flexibility index (Phi) is 7.28. The van der Waals surface area contributed by atoms with Crippen molar-refractivity contribution in [3.8, 4) is 5.75 Å². The highest BCUT2D eigenvalue weighted by Gasteiger charge is 2.29. The average molecular weight is 406 g/mol. The Morgan fingerprint density at radius 1 is 1.11 bits per heavy atom. The number of hydrogen-bond donors (Lipinski definition) is 1. The summed E-state index contributed by atoms with van der Waals surface area (Å²) >= 11 is 0. The number of anilines is 2. The molecule has 1 unspecified atom stereocenters. The molecule has 0 heterocycles. The van der Waals surface area contributed by atoms with Crippen molar-refractivity contribution in [1.82, 2.24) is 5.32 Å². The molecule has 2 aromatic rings. The van der Waals surface area contributed by atoms with E-state index in [4.69, 9.17) is 4.74 Å². The summed E-state index contributed by atoms with van der Waals surface area (Å²) in [6.07, 6.45) is 1.08. The molecule has 0 aromatic heterocycles. The van der Waals surface area contributed by atoms with E-state index in [0.717, 1.165) is 16.2 Å². The summed E-state index contributed by atoms with van der Waals surface area (Å²) < 4.78 is 30.9. The summed E-state index contributed by atoms with van der Waals surface area (Å²) in [7, 11) is -0.227. The largest absolute Gasteiger partial charge is 0.497 e. The molecule has 1 N–H and O–H groups in total. The van der Waals surface area contributed by atoms with Crippen LogP contribution in [0.1, 0.15) is 6.92 Å². The van der Waals surface area contributed by atoms with Gasteiger partial charge in [-0.05, 0) is 31.2 Å². The van der Waals surface area contributed by atoms with Crippen LogP contribution in [0.3, 0.4) is 0 Å². The molecule has 8 heteroatoms. The van der Waals surface area contributed by atoms with Gasteiger partial charge in [-0.25, -0.2) is 8.42 Å². The maximum atomic E-state index is 12.6. The fraction of sp³-hybridized carbons (Fsp3) is 0.350. The van der Waals surface area contributed by atoms with E-state index in [-0.39, 0.29) is 5.91 Å². The molecule has 0 aliphatic rings. The zero-order valence-corrected chi connectivity index (χ0v) is 17.4. The summed E-state index contributed by atoms with van der Waals surface area (Å²) in [5.41, 5.74) is 1.42. The lowest BCUT2D eigenvalue weighted by molar-refractivity contribution is -0.121. The van der Waals surface area contributed by atoms with Crippen molar-refractivity contribution in [2.45, 2.75) is 13.0 Å². The number of carbonyl (C=O) groups is 1. The van der Waals surface area contributed by atoms with Gasteiger partial charge in [0.2, 0.25) is 15.9 Å². The van der Waals surface area contributed by atoms with Crippen molar-refractivity contribution in [2.24, 2.45) is 0 Å². The van der Waals surface area contributed by atoms with Gasteiger partial charge in [0, 0.05) is 31.9 Å². The lowest BCUT2D eigenvalue weighted by Gasteiger charge is -2.28. The number of likely N-dealkylation sites (N-methyl/N-ethyl adjacent to an activating group) is 1. The maximum absolute atomic E-state index is 12.6. The van der Waals surface area contributed by atoms with Crippen LogP contribution in [-0.4, -0.2) is 53.9 Å². The molecule has 28 heavy (non-hydrogen) atoms. The van der Waals surface area contributed by atoms with Crippen molar-refractivity contribution in [1.29, 1.82) is 0 Å². The molecule has 0 saturated carbocycles. The number of ether oxygens (including phenoxy) is 1. The Bertz CT molecular complexity index is 887. The van der Waals surface area contributed by atoms with Gasteiger partial charge in [-0.2, -0.15) is 0 Å². The third-order valence-electron chi connectivity index (χ3n) is 4.34. The van der Waals surface area contributed by atoms with E-state index in [1.807, 2.05) is 42.3 Å². The molecule has 0 radical (unpaired) electrons. The minimum absolute atomic E-state index is 0.366. The van der Waals surface area contributed by atoms with Crippen LogP contribution in [0, 0.1) is 0 Å². The van der Waals surface area contributed by atoms with Crippen molar-refractivity contribution in [3.63, 3.8) is 0 Å². The minimum Gasteiger partial charge on any atom is -0.497 e. The predicted molar refractivity (Wildman–Crippen MR) is 113 cm³/mol. The Labute approximate surface area is 167 Å². The molecule has 7 nitrogen and oxygen atoms in total. The van der Waals surface area contributed by atoms with Crippen LogP contribution in [0.4, 0.5) is 11.4 Å². The molecule has 0 aliphatic carbocycles. The number of benzene rings is 2. The number of nitrogens with one attached hydrogen (secondary N) is 1. The average Bonchev–Trinajstić information content (AvgIpc) is 2.67. The summed E-state index contributed by atoms with van der Waals surface area (Å²) in [6.45, 7) is 2.56. The van der Waals surface area contributed by atoms with E-state index >= 15 is 0 Å². The molecule has 0 spiro atoms. The molecule has 2 rings (SSSR count). The van der Waals surface area contributed by atoms with Crippen molar-refractivity contribution < 1.29 is 17.9 Å². The number of carbonyl (C=O) groups excluding carboxylic acids is 1. The number of sulfonamides is 1. The van der Waals surface area contributed by atoms with Crippen molar-refractivity contribution in [2.75, 3.05) is 42.7 Å². The van der Waals surface area contributed by atoms with Gasteiger partial charge in [0.1, 0.15) is 11.8 Å². The SMILES string of the molecule is COc1cccc(N(C(C)C(=O)NCCN(C)c2ccccc2)S(C)(=O)=O)c1. The Hall–Kier alpha value is -2.74. The number of nitrogens with zero attached hydrogens (tertiary/aromatic N) is 2. The lowest BCUT2D eigenvalue weighted by atomic mass is 10.2. The zero-order chi connectivity index (χ0) is 20.7. The summed E-state index contributed by atoms with van der Waals surface area (Å²) in [4.78, 5) is 14.6. The van der Waals surface area contributed by atoms with Crippen LogP contribution >= 0.6 is 0 Å². The van der Waals surface area contributed by atoms with Crippen LogP contribution in [-0.2, 0) is 14.8 Å². The first-order valence-electron chi connectivity index (χ1n) is 8.91. The molecular weight excluding hydrogens is 378 g/mol. The van der Waals surface area contributed by atoms with E-state index in [2.05, 4.69) is 5.32 Å². The highest BCUT2D eigenvalue weighted by Crippen LogP contribution is 2.25. The van der Waals surface area contributed by atoms with Gasteiger partial charge in [0.15, 0.2) is 0 Å². The lowest BCUT2D eigenvalue weighted by Crippen LogP contribution is -2.49. The summed E-state index contributed by atoms with van der Waals surface area (Å²) in [6, 6.07) is 15.5. The Balaban J connectivity index is 2.05. The zero-order valence-electron chi connectivity index (χ0n) is 16.6. The number of para-hydroxylation sites is 1. The first-order valence-corrected chi connectivity index (χ1v) is 10.8. The molecule has 152 valence electrons. The number of amides is 1. The van der Waals surface area contributed by atoms with Gasteiger partial charge in [0.25, 0.3) is 0 Å².